The first-order valence-electron chi connectivity index (χ1n) is 6.21. The molecule has 0 unspecified atom stereocenters. The van der Waals surface area contributed by atoms with Gasteiger partial charge in [0.1, 0.15) is 0 Å². The Hall–Kier alpha value is -1.94. The highest BCUT2D eigenvalue weighted by atomic mass is 35.5. The quantitative estimate of drug-likeness (QED) is 0.913. The molecule has 1 heterocycles. The summed E-state index contributed by atoms with van der Waals surface area (Å²) < 4.78 is 10.5. The fraction of sp³-hybridized carbons (Fsp3) is 0.267. The Morgan fingerprint density at radius 3 is 2.55 bits per heavy atom. The molecule has 0 aliphatic carbocycles. The summed E-state index contributed by atoms with van der Waals surface area (Å²) in [7, 11) is 3.16. The predicted octanol–water partition coefficient (Wildman–Crippen LogP) is 3.67. The van der Waals surface area contributed by atoms with Crippen LogP contribution in [0.25, 0.3) is 0 Å². The van der Waals surface area contributed by atoms with Crippen LogP contribution in [0.2, 0.25) is 5.02 Å². The van der Waals surface area contributed by atoms with Crippen molar-refractivity contribution < 1.29 is 9.47 Å². The third-order valence-electron chi connectivity index (χ3n) is 2.96. The van der Waals surface area contributed by atoms with Gasteiger partial charge in [0.25, 0.3) is 0 Å². The SMILES string of the molecule is COc1ccc(CNc2ccc(C)nc2)c(Cl)c1OC. The van der Waals surface area contributed by atoms with Gasteiger partial charge in [-0.1, -0.05) is 17.7 Å². The first kappa shape index (κ1) is 14.5. The molecule has 0 saturated heterocycles. The summed E-state index contributed by atoms with van der Waals surface area (Å²) in [6.07, 6.45) is 1.80. The Morgan fingerprint density at radius 1 is 1.15 bits per heavy atom. The number of nitrogens with one attached hydrogen (secondary N) is 1. The lowest BCUT2D eigenvalue weighted by Gasteiger charge is -2.13. The van der Waals surface area contributed by atoms with E-state index >= 15 is 0 Å². The van der Waals surface area contributed by atoms with Gasteiger partial charge in [-0.15, -0.1) is 0 Å². The lowest BCUT2D eigenvalue weighted by Crippen LogP contribution is -2.02. The van der Waals surface area contributed by atoms with Crippen molar-refractivity contribution in [3.8, 4) is 11.5 Å². The molecule has 5 heteroatoms. The third-order valence-corrected chi connectivity index (χ3v) is 3.37. The van der Waals surface area contributed by atoms with Crippen molar-refractivity contribution in [2.24, 2.45) is 0 Å². The van der Waals surface area contributed by atoms with E-state index in [4.69, 9.17) is 21.1 Å². The van der Waals surface area contributed by atoms with E-state index in [1.807, 2.05) is 31.2 Å². The number of hydrogen-bond acceptors (Lipinski definition) is 4. The van der Waals surface area contributed by atoms with E-state index in [0.29, 0.717) is 23.1 Å². The van der Waals surface area contributed by atoms with Crippen LogP contribution < -0.4 is 14.8 Å². The molecular weight excluding hydrogens is 276 g/mol. The molecule has 106 valence electrons. The van der Waals surface area contributed by atoms with Gasteiger partial charge in [-0.05, 0) is 30.7 Å². The van der Waals surface area contributed by atoms with E-state index in [-0.39, 0.29) is 0 Å². The average Bonchev–Trinajstić information content (AvgIpc) is 2.47. The van der Waals surface area contributed by atoms with Gasteiger partial charge in [0.2, 0.25) is 0 Å². The number of aromatic nitrogens is 1. The number of nitrogens with zero attached hydrogens (tertiary/aromatic N) is 1. The van der Waals surface area contributed by atoms with Gasteiger partial charge < -0.3 is 14.8 Å². The highest BCUT2D eigenvalue weighted by Gasteiger charge is 2.12. The Kier molecular flexibility index (Phi) is 4.69. The average molecular weight is 293 g/mol. The Labute approximate surface area is 123 Å². The van der Waals surface area contributed by atoms with Crippen LogP contribution in [0, 0.1) is 6.92 Å². The van der Waals surface area contributed by atoms with Crippen molar-refractivity contribution in [1.82, 2.24) is 4.98 Å². The molecule has 1 aromatic carbocycles. The van der Waals surface area contributed by atoms with Crippen LogP contribution >= 0.6 is 11.6 Å². The van der Waals surface area contributed by atoms with Crippen molar-refractivity contribution in [3.63, 3.8) is 0 Å². The zero-order chi connectivity index (χ0) is 14.5. The topological polar surface area (TPSA) is 43.4 Å². The molecule has 0 radical (unpaired) electrons. The summed E-state index contributed by atoms with van der Waals surface area (Å²) in [5.74, 6) is 1.17. The minimum atomic E-state index is 0.551. The van der Waals surface area contributed by atoms with Gasteiger partial charge >= 0.3 is 0 Å². The Morgan fingerprint density at radius 2 is 1.95 bits per heavy atom. The van der Waals surface area contributed by atoms with Crippen molar-refractivity contribution in [3.05, 3.63) is 46.7 Å². The number of ether oxygens (including phenoxy) is 2. The van der Waals surface area contributed by atoms with E-state index < -0.39 is 0 Å². The fourth-order valence-corrected chi connectivity index (χ4v) is 2.14. The van der Waals surface area contributed by atoms with E-state index in [1.165, 1.54) is 0 Å². The van der Waals surface area contributed by atoms with E-state index in [2.05, 4.69) is 10.3 Å². The number of rotatable bonds is 5. The zero-order valence-electron chi connectivity index (χ0n) is 11.7. The maximum atomic E-state index is 6.32. The molecular formula is C15H17ClN2O2. The zero-order valence-corrected chi connectivity index (χ0v) is 12.5. The summed E-state index contributed by atoms with van der Waals surface area (Å²) in [5, 5.41) is 3.83. The van der Waals surface area contributed by atoms with E-state index in [9.17, 15) is 0 Å². The second kappa shape index (κ2) is 6.48. The highest BCUT2D eigenvalue weighted by molar-refractivity contribution is 6.33. The van der Waals surface area contributed by atoms with Crippen LogP contribution in [-0.4, -0.2) is 19.2 Å². The standard InChI is InChI=1S/C15H17ClN2O2/c1-10-4-6-12(9-17-10)18-8-11-5-7-13(19-2)15(20-3)14(11)16/h4-7,9,18H,8H2,1-3H3. The van der Waals surface area contributed by atoms with Gasteiger partial charge in [0.05, 0.1) is 31.1 Å². The predicted molar refractivity (Wildman–Crippen MR) is 80.9 cm³/mol. The molecule has 0 aliphatic rings. The monoisotopic (exact) mass is 292 g/mol. The molecule has 0 spiro atoms. The lowest BCUT2D eigenvalue weighted by molar-refractivity contribution is 0.355. The number of methoxy groups -OCH3 is 2. The van der Waals surface area contributed by atoms with Crippen LogP contribution in [0.1, 0.15) is 11.3 Å². The summed E-state index contributed by atoms with van der Waals surface area (Å²) >= 11 is 6.32. The number of anilines is 1. The number of halogens is 1. The Bertz CT molecular complexity index is 585. The largest absolute Gasteiger partial charge is 0.493 e. The summed E-state index contributed by atoms with van der Waals surface area (Å²) in [6.45, 7) is 2.54. The Balaban J connectivity index is 2.15. The molecule has 0 saturated carbocycles. The summed E-state index contributed by atoms with van der Waals surface area (Å²) in [5.41, 5.74) is 2.87. The molecule has 4 nitrogen and oxygen atoms in total. The van der Waals surface area contributed by atoms with Crippen LogP contribution in [0.5, 0.6) is 11.5 Å². The second-order valence-corrected chi connectivity index (χ2v) is 4.69. The molecule has 20 heavy (non-hydrogen) atoms. The molecule has 1 N–H and O–H groups in total. The smallest absolute Gasteiger partial charge is 0.179 e. The molecule has 0 fully saturated rings. The second-order valence-electron chi connectivity index (χ2n) is 4.32. The molecule has 2 aromatic rings. The maximum absolute atomic E-state index is 6.32. The first-order valence-corrected chi connectivity index (χ1v) is 6.59. The van der Waals surface area contributed by atoms with Crippen molar-refractivity contribution in [2.45, 2.75) is 13.5 Å². The van der Waals surface area contributed by atoms with Crippen LogP contribution in [0.15, 0.2) is 30.5 Å². The van der Waals surface area contributed by atoms with Gasteiger partial charge in [0.15, 0.2) is 11.5 Å². The minimum Gasteiger partial charge on any atom is -0.493 e. The minimum absolute atomic E-state index is 0.551. The third kappa shape index (κ3) is 3.14. The molecule has 0 amide bonds. The molecule has 1 aromatic heterocycles. The molecule has 0 atom stereocenters. The first-order chi connectivity index (χ1) is 9.65. The van der Waals surface area contributed by atoms with Crippen molar-refractivity contribution >= 4 is 17.3 Å². The molecule has 0 bridgehead atoms. The maximum Gasteiger partial charge on any atom is 0.179 e. The van der Waals surface area contributed by atoms with Gasteiger partial charge in [-0.3, -0.25) is 4.98 Å². The van der Waals surface area contributed by atoms with Gasteiger partial charge in [0, 0.05) is 12.2 Å². The van der Waals surface area contributed by atoms with Gasteiger partial charge in [-0.25, -0.2) is 0 Å². The molecule has 0 aliphatic heterocycles. The highest BCUT2D eigenvalue weighted by Crippen LogP contribution is 2.37. The number of benzene rings is 1. The van der Waals surface area contributed by atoms with E-state index in [0.717, 1.165) is 16.9 Å². The van der Waals surface area contributed by atoms with Crippen LogP contribution in [0.4, 0.5) is 5.69 Å². The van der Waals surface area contributed by atoms with E-state index in [1.54, 1.807) is 20.4 Å². The fourth-order valence-electron chi connectivity index (χ4n) is 1.84. The number of hydrogen-bond donors (Lipinski definition) is 1. The molecule has 2 rings (SSSR count). The van der Waals surface area contributed by atoms with Gasteiger partial charge in [-0.2, -0.15) is 0 Å². The summed E-state index contributed by atoms with van der Waals surface area (Å²) in [4.78, 5) is 4.23. The number of pyridine rings is 1. The number of aryl methyl sites for hydroxylation is 1. The normalized spacial score (nSPS) is 10.2. The van der Waals surface area contributed by atoms with Crippen molar-refractivity contribution in [1.29, 1.82) is 0 Å². The van der Waals surface area contributed by atoms with Crippen molar-refractivity contribution in [2.75, 3.05) is 19.5 Å². The van der Waals surface area contributed by atoms with Crippen LogP contribution in [0.3, 0.4) is 0 Å². The van der Waals surface area contributed by atoms with Crippen LogP contribution in [-0.2, 0) is 6.54 Å². The summed E-state index contributed by atoms with van der Waals surface area (Å²) in [6, 6.07) is 7.70. The lowest BCUT2D eigenvalue weighted by atomic mass is 10.2.